The molecular weight excluding hydrogens is 344 g/mol. The van der Waals surface area contributed by atoms with E-state index in [9.17, 15) is 0 Å². The lowest BCUT2D eigenvalue weighted by atomic mass is 10.0. The van der Waals surface area contributed by atoms with E-state index in [0.717, 1.165) is 34.6 Å². The lowest BCUT2D eigenvalue weighted by molar-refractivity contribution is 0.175. The standard InChI is InChI=1S/C19H24N6S/c1-13-3-2-7-24(11-13)12-15-9-17(26-23-15)22-18-19-21-10-16(14-4-5-14)25(19)8-6-20-18/h6,8-10,13-14H,2-5,7,11-12H2,1H3,(H,20,22). The average Bonchev–Trinajstić information content (AvgIpc) is 3.23. The highest BCUT2D eigenvalue weighted by atomic mass is 32.1. The van der Waals surface area contributed by atoms with Gasteiger partial charge >= 0.3 is 0 Å². The van der Waals surface area contributed by atoms with Crippen molar-refractivity contribution in [3.63, 3.8) is 0 Å². The fourth-order valence-electron chi connectivity index (χ4n) is 3.93. The number of likely N-dealkylation sites (tertiary alicyclic amines) is 1. The van der Waals surface area contributed by atoms with Crippen molar-refractivity contribution in [3.05, 3.63) is 36.0 Å². The van der Waals surface area contributed by atoms with Crippen molar-refractivity contribution < 1.29 is 0 Å². The van der Waals surface area contributed by atoms with Crippen molar-refractivity contribution >= 4 is 28.0 Å². The minimum absolute atomic E-state index is 0.669. The zero-order valence-electron chi connectivity index (χ0n) is 15.1. The molecule has 0 aromatic carbocycles. The van der Waals surface area contributed by atoms with Crippen molar-refractivity contribution in [1.82, 2.24) is 23.6 Å². The molecule has 1 saturated carbocycles. The van der Waals surface area contributed by atoms with Crippen molar-refractivity contribution in [2.24, 2.45) is 5.92 Å². The van der Waals surface area contributed by atoms with E-state index in [2.05, 4.69) is 41.9 Å². The summed E-state index contributed by atoms with van der Waals surface area (Å²) in [5, 5.41) is 4.46. The number of hydrogen-bond acceptors (Lipinski definition) is 6. The monoisotopic (exact) mass is 368 g/mol. The molecule has 2 fully saturated rings. The first-order valence-electron chi connectivity index (χ1n) is 9.53. The second-order valence-corrected chi connectivity index (χ2v) is 8.52. The number of anilines is 2. The van der Waals surface area contributed by atoms with Crippen LogP contribution in [-0.2, 0) is 6.54 Å². The molecule has 6 nitrogen and oxygen atoms in total. The first kappa shape index (κ1) is 16.2. The molecule has 3 aromatic heterocycles. The second kappa shape index (κ2) is 6.63. The highest BCUT2D eigenvalue weighted by Crippen LogP contribution is 2.40. The highest BCUT2D eigenvalue weighted by Gasteiger charge is 2.27. The summed E-state index contributed by atoms with van der Waals surface area (Å²) in [5.74, 6) is 2.27. The first-order valence-corrected chi connectivity index (χ1v) is 10.3. The lowest BCUT2D eigenvalue weighted by Gasteiger charge is -2.30. The van der Waals surface area contributed by atoms with Gasteiger partial charge in [0.15, 0.2) is 11.5 Å². The Morgan fingerprint density at radius 3 is 3.04 bits per heavy atom. The van der Waals surface area contributed by atoms with Crippen LogP contribution in [0, 0.1) is 5.92 Å². The zero-order valence-corrected chi connectivity index (χ0v) is 15.9. The maximum Gasteiger partial charge on any atom is 0.180 e. The minimum atomic E-state index is 0.669. The predicted octanol–water partition coefficient (Wildman–Crippen LogP) is 4.04. The number of imidazole rings is 1. The smallest absolute Gasteiger partial charge is 0.180 e. The molecule has 0 spiro atoms. The van der Waals surface area contributed by atoms with E-state index in [1.54, 1.807) is 0 Å². The van der Waals surface area contributed by atoms with Crippen LogP contribution in [-0.4, -0.2) is 36.7 Å². The number of piperidine rings is 1. The van der Waals surface area contributed by atoms with Crippen LogP contribution < -0.4 is 5.32 Å². The molecule has 5 rings (SSSR count). The summed E-state index contributed by atoms with van der Waals surface area (Å²) in [7, 11) is 0. The normalized spacial score (nSPS) is 21.3. The number of nitrogens with zero attached hydrogens (tertiary/aromatic N) is 5. The summed E-state index contributed by atoms with van der Waals surface area (Å²) in [6, 6.07) is 2.15. The first-order chi connectivity index (χ1) is 12.8. The molecule has 1 unspecified atom stereocenters. The summed E-state index contributed by atoms with van der Waals surface area (Å²) < 4.78 is 6.81. The molecule has 0 bridgehead atoms. The largest absolute Gasteiger partial charge is 0.328 e. The molecule has 1 aliphatic carbocycles. The fraction of sp³-hybridized carbons (Fsp3) is 0.526. The molecule has 3 aromatic rings. The number of rotatable bonds is 5. The summed E-state index contributed by atoms with van der Waals surface area (Å²) in [4.78, 5) is 11.6. The van der Waals surface area contributed by atoms with E-state index >= 15 is 0 Å². The summed E-state index contributed by atoms with van der Waals surface area (Å²) in [6.45, 7) is 5.64. The third kappa shape index (κ3) is 3.21. The molecule has 1 saturated heterocycles. The number of fused-ring (bicyclic) bond motifs is 1. The Morgan fingerprint density at radius 2 is 2.19 bits per heavy atom. The molecule has 136 valence electrons. The molecule has 0 amide bonds. The van der Waals surface area contributed by atoms with Gasteiger partial charge in [-0.1, -0.05) is 6.92 Å². The van der Waals surface area contributed by atoms with E-state index in [1.165, 1.54) is 56.0 Å². The SMILES string of the molecule is CC1CCCN(Cc2cc(Nc3nccn4c(C5CC5)cnc34)sn2)C1. The van der Waals surface area contributed by atoms with E-state index in [-0.39, 0.29) is 0 Å². The van der Waals surface area contributed by atoms with E-state index in [0.29, 0.717) is 5.92 Å². The Morgan fingerprint density at radius 1 is 1.27 bits per heavy atom. The summed E-state index contributed by atoms with van der Waals surface area (Å²) >= 11 is 1.50. The maximum atomic E-state index is 4.64. The quantitative estimate of drug-likeness (QED) is 0.736. The van der Waals surface area contributed by atoms with Gasteiger partial charge in [0.25, 0.3) is 0 Å². The lowest BCUT2D eigenvalue weighted by Crippen LogP contribution is -2.33. The van der Waals surface area contributed by atoms with Crippen LogP contribution in [0.15, 0.2) is 24.7 Å². The van der Waals surface area contributed by atoms with Crippen LogP contribution >= 0.6 is 11.5 Å². The molecule has 0 radical (unpaired) electrons. The fourth-order valence-corrected chi connectivity index (χ4v) is 4.59. The maximum absolute atomic E-state index is 4.64. The molecule has 7 heteroatoms. The van der Waals surface area contributed by atoms with Crippen LogP contribution in [0.4, 0.5) is 10.8 Å². The van der Waals surface area contributed by atoms with Gasteiger partial charge in [-0.25, -0.2) is 9.97 Å². The number of aromatic nitrogens is 4. The van der Waals surface area contributed by atoms with Gasteiger partial charge in [0.2, 0.25) is 0 Å². The van der Waals surface area contributed by atoms with E-state index in [4.69, 9.17) is 0 Å². The Bertz CT molecular complexity index is 912. The Kier molecular flexibility index (Phi) is 4.13. The Labute approximate surface area is 157 Å². The average molecular weight is 369 g/mol. The van der Waals surface area contributed by atoms with Crippen molar-refractivity contribution in [2.45, 2.75) is 45.1 Å². The van der Waals surface area contributed by atoms with E-state index in [1.807, 2.05) is 18.6 Å². The van der Waals surface area contributed by atoms with Crippen LogP contribution in [0.25, 0.3) is 5.65 Å². The molecule has 2 aliphatic rings. The van der Waals surface area contributed by atoms with Crippen molar-refractivity contribution in [2.75, 3.05) is 18.4 Å². The Balaban J connectivity index is 1.32. The van der Waals surface area contributed by atoms with Gasteiger partial charge in [0, 0.05) is 43.3 Å². The minimum Gasteiger partial charge on any atom is -0.328 e. The third-order valence-electron chi connectivity index (χ3n) is 5.38. The zero-order chi connectivity index (χ0) is 17.5. The second-order valence-electron chi connectivity index (χ2n) is 7.72. The van der Waals surface area contributed by atoms with E-state index < -0.39 is 0 Å². The summed E-state index contributed by atoms with van der Waals surface area (Å²) in [5.41, 5.74) is 3.34. The molecule has 26 heavy (non-hydrogen) atoms. The Hall–Kier alpha value is -1.99. The molecule has 1 N–H and O–H groups in total. The highest BCUT2D eigenvalue weighted by molar-refractivity contribution is 7.10. The summed E-state index contributed by atoms with van der Waals surface area (Å²) in [6.07, 6.45) is 11.0. The van der Waals surface area contributed by atoms with Crippen LogP contribution in [0.5, 0.6) is 0 Å². The van der Waals surface area contributed by atoms with Gasteiger partial charge in [-0.3, -0.25) is 9.30 Å². The molecule has 1 aliphatic heterocycles. The van der Waals surface area contributed by atoms with Gasteiger partial charge in [-0.05, 0) is 55.7 Å². The molecule has 1 atom stereocenters. The van der Waals surface area contributed by atoms with Crippen molar-refractivity contribution in [1.29, 1.82) is 0 Å². The van der Waals surface area contributed by atoms with Crippen LogP contribution in [0.1, 0.15) is 49.9 Å². The van der Waals surface area contributed by atoms with Gasteiger partial charge in [-0.2, -0.15) is 4.37 Å². The van der Waals surface area contributed by atoms with Crippen molar-refractivity contribution in [3.8, 4) is 0 Å². The van der Waals surface area contributed by atoms with Gasteiger partial charge in [-0.15, -0.1) is 0 Å². The van der Waals surface area contributed by atoms with Gasteiger partial charge in [0.1, 0.15) is 5.00 Å². The number of hydrogen-bond donors (Lipinski definition) is 1. The van der Waals surface area contributed by atoms with Gasteiger partial charge in [0.05, 0.1) is 5.69 Å². The molecule has 4 heterocycles. The third-order valence-corrected chi connectivity index (χ3v) is 6.12. The topological polar surface area (TPSA) is 58.4 Å². The molecular formula is C19H24N6S. The van der Waals surface area contributed by atoms with Crippen LogP contribution in [0.3, 0.4) is 0 Å². The number of nitrogens with one attached hydrogen (secondary N) is 1. The predicted molar refractivity (Wildman–Crippen MR) is 104 cm³/mol. The van der Waals surface area contributed by atoms with Crippen LogP contribution in [0.2, 0.25) is 0 Å². The van der Waals surface area contributed by atoms with Gasteiger partial charge < -0.3 is 5.32 Å².